The molecule has 3 nitrogen and oxygen atoms in total. The average Bonchev–Trinajstić information content (AvgIpc) is 2.59. The second kappa shape index (κ2) is 5.09. The van der Waals surface area contributed by atoms with Crippen molar-refractivity contribution in [2.45, 2.75) is 31.8 Å². The van der Waals surface area contributed by atoms with Gasteiger partial charge in [0.25, 0.3) is 0 Å². The van der Waals surface area contributed by atoms with E-state index in [-0.39, 0.29) is 15.4 Å². The van der Waals surface area contributed by atoms with Crippen LogP contribution in [0.4, 0.5) is 18.3 Å². The Kier molecular flexibility index (Phi) is 4.40. The first kappa shape index (κ1) is 14.7. The molecule has 0 amide bonds. The lowest BCUT2D eigenvalue weighted by Gasteiger charge is -2.25. The molecule has 1 rings (SSSR count). The van der Waals surface area contributed by atoms with E-state index < -0.39 is 11.2 Å². The van der Waals surface area contributed by atoms with Crippen LogP contribution in [0.2, 0.25) is 0 Å². The molecular weight excluding hydrogens is 319 g/mol. The number of hydrogen-bond donors (Lipinski definition) is 1. The molecule has 0 saturated heterocycles. The molecule has 0 aliphatic heterocycles. The molecule has 1 heterocycles. The summed E-state index contributed by atoms with van der Waals surface area (Å²) < 4.78 is 36.8. The second-order valence-electron chi connectivity index (χ2n) is 4.62. The first-order chi connectivity index (χ1) is 7.60. The number of rotatable bonds is 3. The summed E-state index contributed by atoms with van der Waals surface area (Å²) in [7, 11) is 0. The Hall–Kier alpha value is -0.370. The Morgan fingerprint density at radius 2 is 1.88 bits per heavy atom. The molecule has 0 fully saturated rings. The van der Waals surface area contributed by atoms with Gasteiger partial charge >= 0.3 is 6.18 Å². The molecule has 98 valence electrons. The number of aromatic nitrogens is 2. The van der Waals surface area contributed by atoms with E-state index in [0.29, 0.717) is 17.9 Å². The molecule has 0 radical (unpaired) electrons. The number of halogens is 4. The van der Waals surface area contributed by atoms with Crippen molar-refractivity contribution < 1.29 is 13.2 Å². The molecule has 1 aromatic heterocycles. The predicted molar refractivity (Wildman–Crippen MR) is 65.6 cm³/mol. The average molecular weight is 332 g/mol. The third-order valence-corrected chi connectivity index (χ3v) is 4.66. The van der Waals surface area contributed by atoms with Gasteiger partial charge in [0, 0.05) is 11.4 Å². The number of alkyl halides is 4. The van der Waals surface area contributed by atoms with Gasteiger partial charge in [0.05, 0.1) is 0 Å². The van der Waals surface area contributed by atoms with Crippen molar-refractivity contribution in [3.8, 4) is 0 Å². The van der Waals surface area contributed by atoms with Crippen molar-refractivity contribution in [1.29, 1.82) is 0 Å². The van der Waals surface area contributed by atoms with Gasteiger partial charge in [-0.05, 0) is 5.41 Å². The van der Waals surface area contributed by atoms with E-state index >= 15 is 0 Å². The largest absolute Gasteiger partial charge is 0.445 e. The zero-order chi connectivity index (χ0) is 13.3. The van der Waals surface area contributed by atoms with Crippen molar-refractivity contribution in [2.24, 2.45) is 5.41 Å². The van der Waals surface area contributed by atoms with E-state index in [1.807, 2.05) is 20.8 Å². The SMILES string of the molecule is CC(C)(C)C(Br)CNc1nnc(C(F)(F)F)s1. The van der Waals surface area contributed by atoms with Crippen LogP contribution < -0.4 is 5.32 Å². The number of anilines is 1. The molecule has 0 bridgehead atoms. The maximum Gasteiger partial charge on any atom is 0.445 e. The van der Waals surface area contributed by atoms with E-state index in [0.717, 1.165) is 0 Å². The van der Waals surface area contributed by atoms with E-state index in [1.165, 1.54) is 0 Å². The number of nitrogens with one attached hydrogen (secondary N) is 1. The molecule has 8 heteroatoms. The highest BCUT2D eigenvalue weighted by Gasteiger charge is 2.35. The van der Waals surface area contributed by atoms with Crippen molar-refractivity contribution in [3.05, 3.63) is 5.01 Å². The maximum atomic E-state index is 12.3. The summed E-state index contributed by atoms with van der Waals surface area (Å²) in [5, 5.41) is 8.65. The first-order valence-electron chi connectivity index (χ1n) is 4.89. The lowest BCUT2D eigenvalue weighted by Crippen LogP contribution is -2.27. The van der Waals surface area contributed by atoms with Crippen LogP contribution in [-0.4, -0.2) is 21.6 Å². The van der Waals surface area contributed by atoms with Gasteiger partial charge in [-0.2, -0.15) is 13.2 Å². The molecule has 1 atom stereocenters. The van der Waals surface area contributed by atoms with E-state index in [4.69, 9.17) is 0 Å². The second-order valence-corrected chi connectivity index (χ2v) is 6.71. The highest BCUT2D eigenvalue weighted by atomic mass is 79.9. The van der Waals surface area contributed by atoms with Crippen molar-refractivity contribution in [1.82, 2.24) is 10.2 Å². The molecule has 1 aromatic rings. The Morgan fingerprint density at radius 1 is 1.29 bits per heavy atom. The lowest BCUT2D eigenvalue weighted by molar-refractivity contribution is -0.138. The monoisotopic (exact) mass is 331 g/mol. The van der Waals surface area contributed by atoms with Crippen LogP contribution in [0, 0.1) is 5.41 Å². The Labute approximate surface area is 110 Å². The summed E-state index contributed by atoms with van der Waals surface area (Å²) in [4.78, 5) is 0.133. The Balaban J connectivity index is 2.57. The summed E-state index contributed by atoms with van der Waals surface area (Å²) in [6.07, 6.45) is -4.42. The van der Waals surface area contributed by atoms with Gasteiger partial charge in [-0.25, -0.2) is 0 Å². The Morgan fingerprint density at radius 3 is 2.29 bits per heavy atom. The predicted octanol–water partition coefficient (Wildman–Crippen LogP) is 3.78. The van der Waals surface area contributed by atoms with Crippen LogP contribution in [0.5, 0.6) is 0 Å². The minimum absolute atomic E-state index is 0.0184. The summed E-state index contributed by atoms with van der Waals surface area (Å²) in [6.45, 7) is 6.61. The van der Waals surface area contributed by atoms with Crippen molar-refractivity contribution in [3.63, 3.8) is 0 Å². The van der Waals surface area contributed by atoms with E-state index in [9.17, 15) is 13.2 Å². The van der Waals surface area contributed by atoms with Crippen molar-refractivity contribution in [2.75, 3.05) is 11.9 Å². The van der Waals surface area contributed by atoms with Crippen LogP contribution in [0.3, 0.4) is 0 Å². The fraction of sp³-hybridized carbons (Fsp3) is 0.778. The normalized spacial score (nSPS) is 14.8. The van der Waals surface area contributed by atoms with Gasteiger partial charge in [-0.1, -0.05) is 48.0 Å². The minimum Gasteiger partial charge on any atom is -0.359 e. The van der Waals surface area contributed by atoms with Crippen LogP contribution in [0.15, 0.2) is 0 Å². The summed E-state index contributed by atoms with van der Waals surface area (Å²) in [5.74, 6) is 0. The highest BCUT2D eigenvalue weighted by Crippen LogP contribution is 2.33. The molecule has 17 heavy (non-hydrogen) atoms. The molecule has 1 N–H and O–H groups in total. The molecule has 0 aliphatic carbocycles. The van der Waals surface area contributed by atoms with Gasteiger partial charge in [0.15, 0.2) is 0 Å². The smallest absolute Gasteiger partial charge is 0.359 e. The number of nitrogens with zero attached hydrogens (tertiary/aromatic N) is 2. The fourth-order valence-corrected chi connectivity index (χ4v) is 1.67. The minimum atomic E-state index is -4.42. The summed E-state index contributed by atoms with van der Waals surface area (Å²) in [6, 6.07) is 0. The molecule has 1 unspecified atom stereocenters. The van der Waals surface area contributed by atoms with Crippen LogP contribution >= 0.6 is 27.3 Å². The highest BCUT2D eigenvalue weighted by molar-refractivity contribution is 9.09. The standard InChI is InChI=1S/C9H13BrF3N3S/c1-8(2,3)5(10)4-14-7-16-15-6(17-7)9(11,12)13/h5H,4H2,1-3H3,(H,14,16). The summed E-state index contributed by atoms with van der Waals surface area (Å²) >= 11 is 3.99. The maximum absolute atomic E-state index is 12.3. The molecular formula is C9H13BrF3N3S. The van der Waals surface area contributed by atoms with Gasteiger partial charge < -0.3 is 5.32 Å². The zero-order valence-electron chi connectivity index (χ0n) is 9.60. The van der Waals surface area contributed by atoms with Crippen LogP contribution in [0.25, 0.3) is 0 Å². The molecule has 0 aliphatic rings. The topological polar surface area (TPSA) is 37.8 Å². The van der Waals surface area contributed by atoms with Crippen LogP contribution in [0.1, 0.15) is 25.8 Å². The molecule has 0 aromatic carbocycles. The third-order valence-electron chi connectivity index (χ3n) is 2.04. The first-order valence-corrected chi connectivity index (χ1v) is 6.62. The van der Waals surface area contributed by atoms with E-state index in [2.05, 4.69) is 31.4 Å². The van der Waals surface area contributed by atoms with Gasteiger partial charge in [0.1, 0.15) is 0 Å². The number of hydrogen-bond acceptors (Lipinski definition) is 4. The third kappa shape index (κ3) is 4.42. The van der Waals surface area contributed by atoms with Crippen LogP contribution in [-0.2, 0) is 6.18 Å². The zero-order valence-corrected chi connectivity index (χ0v) is 12.0. The quantitative estimate of drug-likeness (QED) is 0.856. The summed E-state index contributed by atoms with van der Waals surface area (Å²) in [5.41, 5.74) is 0.0184. The van der Waals surface area contributed by atoms with Gasteiger partial charge in [-0.3, -0.25) is 0 Å². The van der Waals surface area contributed by atoms with Gasteiger partial charge in [-0.15, -0.1) is 10.2 Å². The van der Waals surface area contributed by atoms with Crippen molar-refractivity contribution >= 4 is 32.4 Å². The Bertz CT molecular complexity index is 372. The van der Waals surface area contributed by atoms with Gasteiger partial charge in [0.2, 0.25) is 10.1 Å². The molecule has 0 saturated carbocycles. The molecule has 0 spiro atoms. The van der Waals surface area contributed by atoms with E-state index in [1.54, 1.807) is 0 Å². The lowest BCUT2D eigenvalue weighted by atomic mass is 9.92. The fourth-order valence-electron chi connectivity index (χ4n) is 0.892.